The Bertz CT molecular complexity index is 78.6. The fourth-order valence-electron chi connectivity index (χ4n) is 1.78. The maximum atomic E-state index is 5.76. The lowest BCUT2D eigenvalue weighted by molar-refractivity contribution is 0.488. The van der Waals surface area contributed by atoms with Crippen LogP contribution >= 0.6 is 0 Å². The van der Waals surface area contributed by atoms with E-state index in [1.807, 2.05) is 0 Å². The Hall–Kier alpha value is -0.0400. The molecule has 0 aliphatic heterocycles. The van der Waals surface area contributed by atoms with Crippen LogP contribution in [0.1, 0.15) is 39.0 Å². The zero-order valence-corrected chi connectivity index (χ0v) is 6.27. The summed E-state index contributed by atoms with van der Waals surface area (Å²) in [6.07, 6.45) is 6.67. The van der Waals surface area contributed by atoms with E-state index in [4.69, 9.17) is 5.73 Å². The number of hydrogen-bond acceptors (Lipinski definition) is 1. The van der Waals surface area contributed by atoms with E-state index in [2.05, 4.69) is 6.92 Å². The predicted octanol–water partition coefficient (Wildman–Crippen LogP) is 1.91. The van der Waals surface area contributed by atoms with Gasteiger partial charge in [-0.25, -0.2) is 0 Å². The molecule has 0 amide bonds. The van der Waals surface area contributed by atoms with E-state index in [1.54, 1.807) is 0 Å². The monoisotopic (exact) mass is 127 g/mol. The van der Waals surface area contributed by atoms with Crippen LogP contribution in [0, 0.1) is 5.92 Å². The molecule has 9 heavy (non-hydrogen) atoms. The molecule has 0 spiro atoms. The molecule has 1 rings (SSSR count). The third-order valence-corrected chi connectivity index (χ3v) is 2.28. The molecule has 0 bridgehead atoms. The summed E-state index contributed by atoms with van der Waals surface area (Å²) >= 11 is 0. The molecule has 1 saturated carbocycles. The van der Waals surface area contributed by atoms with E-state index >= 15 is 0 Å². The summed E-state index contributed by atoms with van der Waals surface area (Å²) in [6.45, 7) is 2.25. The smallest absolute Gasteiger partial charge is 0.00415 e. The van der Waals surface area contributed by atoms with Gasteiger partial charge in [-0.05, 0) is 25.2 Å². The summed E-state index contributed by atoms with van der Waals surface area (Å²) in [5.74, 6) is 0.963. The van der Waals surface area contributed by atoms with Crippen LogP contribution in [0.4, 0.5) is 0 Å². The van der Waals surface area contributed by atoms with Gasteiger partial charge in [-0.2, -0.15) is 0 Å². The molecule has 0 unspecified atom stereocenters. The van der Waals surface area contributed by atoms with Crippen LogP contribution in [0.3, 0.4) is 0 Å². The third-order valence-electron chi connectivity index (χ3n) is 2.28. The summed E-state index contributed by atoms with van der Waals surface area (Å²) < 4.78 is 0. The second kappa shape index (κ2) is 3.21. The number of nitrogens with two attached hydrogens (primary N) is 1. The highest BCUT2D eigenvalue weighted by atomic mass is 14.6. The lowest BCUT2D eigenvalue weighted by atomic mass is 10.0. The van der Waals surface area contributed by atoms with Crippen molar-refractivity contribution in [3.8, 4) is 0 Å². The summed E-state index contributed by atoms with van der Waals surface area (Å²) in [5, 5.41) is 0. The van der Waals surface area contributed by atoms with Gasteiger partial charge in [0.2, 0.25) is 0 Å². The zero-order valence-electron chi connectivity index (χ0n) is 6.27. The molecule has 0 heterocycles. The molecule has 0 saturated heterocycles. The average Bonchev–Trinajstić information content (AvgIpc) is 2.17. The second-order valence-corrected chi connectivity index (χ2v) is 3.23. The molecule has 1 aliphatic carbocycles. The first-order chi connectivity index (χ1) is 4.33. The van der Waals surface area contributed by atoms with Gasteiger partial charge in [0.1, 0.15) is 0 Å². The van der Waals surface area contributed by atoms with Gasteiger partial charge in [0.25, 0.3) is 0 Å². The van der Waals surface area contributed by atoms with E-state index in [1.165, 1.54) is 32.1 Å². The Morgan fingerprint density at radius 3 is 2.67 bits per heavy atom. The van der Waals surface area contributed by atoms with E-state index < -0.39 is 0 Å². The highest BCUT2D eigenvalue weighted by Crippen LogP contribution is 2.27. The first-order valence-electron chi connectivity index (χ1n) is 4.08. The molecular weight excluding hydrogens is 110 g/mol. The molecule has 0 aromatic rings. The normalized spacial score (nSPS) is 35.3. The highest BCUT2D eigenvalue weighted by molar-refractivity contribution is 4.76. The van der Waals surface area contributed by atoms with Crippen molar-refractivity contribution >= 4 is 0 Å². The van der Waals surface area contributed by atoms with Gasteiger partial charge in [0, 0.05) is 6.04 Å². The SMILES string of the molecule is CCC[C@@H]1CC[C@H](N)C1. The molecule has 1 aliphatic rings. The van der Waals surface area contributed by atoms with Gasteiger partial charge in [0.05, 0.1) is 0 Å². The fourth-order valence-corrected chi connectivity index (χ4v) is 1.78. The topological polar surface area (TPSA) is 26.0 Å². The van der Waals surface area contributed by atoms with Gasteiger partial charge < -0.3 is 5.73 Å². The Morgan fingerprint density at radius 1 is 1.44 bits per heavy atom. The molecule has 0 aromatic carbocycles. The van der Waals surface area contributed by atoms with E-state index in [0.29, 0.717) is 6.04 Å². The predicted molar refractivity (Wildman–Crippen MR) is 40.2 cm³/mol. The van der Waals surface area contributed by atoms with E-state index in [0.717, 1.165) is 5.92 Å². The maximum Gasteiger partial charge on any atom is 0.00415 e. The Morgan fingerprint density at radius 2 is 2.22 bits per heavy atom. The second-order valence-electron chi connectivity index (χ2n) is 3.23. The first kappa shape index (κ1) is 7.07. The van der Waals surface area contributed by atoms with Crippen molar-refractivity contribution in [3.63, 3.8) is 0 Å². The van der Waals surface area contributed by atoms with Crippen LogP contribution in [0.25, 0.3) is 0 Å². The third kappa shape index (κ3) is 1.98. The van der Waals surface area contributed by atoms with Gasteiger partial charge in [-0.15, -0.1) is 0 Å². The van der Waals surface area contributed by atoms with Gasteiger partial charge in [-0.1, -0.05) is 19.8 Å². The summed E-state index contributed by atoms with van der Waals surface area (Å²) in [6, 6.07) is 0.529. The standard InChI is InChI=1S/C8H17N/c1-2-3-7-4-5-8(9)6-7/h7-8H,2-6,9H2,1H3/t7-,8+/m1/s1. The van der Waals surface area contributed by atoms with Crippen molar-refractivity contribution in [3.05, 3.63) is 0 Å². The molecule has 1 nitrogen and oxygen atoms in total. The van der Waals surface area contributed by atoms with Crippen molar-refractivity contribution < 1.29 is 0 Å². The zero-order chi connectivity index (χ0) is 6.69. The molecule has 54 valence electrons. The average molecular weight is 127 g/mol. The number of hydrogen-bond donors (Lipinski definition) is 1. The van der Waals surface area contributed by atoms with Crippen molar-refractivity contribution in [1.29, 1.82) is 0 Å². The Labute approximate surface area is 57.6 Å². The summed E-state index contributed by atoms with van der Waals surface area (Å²) in [7, 11) is 0. The fraction of sp³-hybridized carbons (Fsp3) is 1.00. The van der Waals surface area contributed by atoms with E-state index in [9.17, 15) is 0 Å². The van der Waals surface area contributed by atoms with Crippen molar-refractivity contribution in [1.82, 2.24) is 0 Å². The molecule has 1 fully saturated rings. The van der Waals surface area contributed by atoms with Crippen molar-refractivity contribution in [2.45, 2.75) is 45.1 Å². The van der Waals surface area contributed by atoms with Crippen LogP contribution < -0.4 is 5.73 Å². The lowest BCUT2D eigenvalue weighted by Gasteiger charge is -2.05. The molecule has 0 aromatic heterocycles. The Kier molecular flexibility index (Phi) is 2.52. The van der Waals surface area contributed by atoms with Crippen LogP contribution in [0.2, 0.25) is 0 Å². The highest BCUT2D eigenvalue weighted by Gasteiger charge is 2.19. The van der Waals surface area contributed by atoms with Crippen molar-refractivity contribution in [2.24, 2.45) is 11.7 Å². The van der Waals surface area contributed by atoms with Gasteiger partial charge in [0.15, 0.2) is 0 Å². The maximum absolute atomic E-state index is 5.76. The minimum absolute atomic E-state index is 0.529. The minimum atomic E-state index is 0.529. The largest absolute Gasteiger partial charge is 0.328 e. The van der Waals surface area contributed by atoms with Crippen LogP contribution in [0.15, 0.2) is 0 Å². The first-order valence-corrected chi connectivity index (χ1v) is 4.08. The molecular formula is C8H17N. The van der Waals surface area contributed by atoms with Crippen LogP contribution in [-0.2, 0) is 0 Å². The number of rotatable bonds is 2. The van der Waals surface area contributed by atoms with E-state index in [-0.39, 0.29) is 0 Å². The molecule has 2 N–H and O–H groups in total. The molecule has 1 heteroatoms. The van der Waals surface area contributed by atoms with Crippen LogP contribution in [0.5, 0.6) is 0 Å². The Balaban J connectivity index is 2.14. The molecule has 0 radical (unpaired) electrons. The molecule has 2 atom stereocenters. The van der Waals surface area contributed by atoms with Crippen LogP contribution in [-0.4, -0.2) is 6.04 Å². The van der Waals surface area contributed by atoms with Gasteiger partial charge >= 0.3 is 0 Å². The summed E-state index contributed by atoms with van der Waals surface area (Å²) in [5.41, 5.74) is 5.76. The van der Waals surface area contributed by atoms with Gasteiger partial charge in [-0.3, -0.25) is 0 Å². The lowest BCUT2D eigenvalue weighted by Crippen LogP contribution is -2.14. The van der Waals surface area contributed by atoms with Crippen molar-refractivity contribution in [2.75, 3.05) is 0 Å². The minimum Gasteiger partial charge on any atom is -0.328 e. The quantitative estimate of drug-likeness (QED) is 0.602. The summed E-state index contributed by atoms with van der Waals surface area (Å²) in [4.78, 5) is 0.